The van der Waals surface area contributed by atoms with Crippen LogP contribution in [0.5, 0.6) is 11.5 Å². The van der Waals surface area contributed by atoms with Crippen molar-refractivity contribution < 1.29 is 14.6 Å². The zero-order chi connectivity index (χ0) is 13.3. The Kier molecular flexibility index (Phi) is 3.37. The lowest BCUT2D eigenvalue weighted by Gasteiger charge is -2.40. The first kappa shape index (κ1) is 12.8. The number of hydrogen-bond acceptors (Lipinski definition) is 4. The summed E-state index contributed by atoms with van der Waals surface area (Å²) in [6.07, 6.45) is 1.70. The molecule has 0 aromatic heterocycles. The van der Waals surface area contributed by atoms with Crippen LogP contribution in [0.15, 0.2) is 18.2 Å². The van der Waals surface area contributed by atoms with E-state index in [1.165, 1.54) is 0 Å². The van der Waals surface area contributed by atoms with Gasteiger partial charge in [-0.2, -0.15) is 0 Å². The molecule has 2 unspecified atom stereocenters. The van der Waals surface area contributed by atoms with Crippen LogP contribution in [0.4, 0.5) is 0 Å². The number of fused-ring (bicyclic) bond motifs is 1. The van der Waals surface area contributed by atoms with Gasteiger partial charge in [0.1, 0.15) is 13.2 Å². The molecule has 1 fully saturated rings. The molecule has 0 saturated carbocycles. The van der Waals surface area contributed by atoms with Crippen molar-refractivity contribution in [2.24, 2.45) is 5.92 Å². The van der Waals surface area contributed by atoms with Gasteiger partial charge >= 0.3 is 0 Å². The minimum absolute atomic E-state index is 0.240. The van der Waals surface area contributed by atoms with Crippen molar-refractivity contribution in [3.8, 4) is 11.5 Å². The molecule has 2 N–H and O–H groups in total. The third kappa shape index (κ3) is 2.19. The summed E-state index contributed by atoms with van der Waals surface area (Å²) >= 11 is 0. The smallest absolute Gasteiger partial charge is 0.161 e. The van der Waals surface area contributed by atoms with E-state index in [4.69, 9.17) is 9.47 Å². The molecule has 1 saturated heterocycles. The molecule has 4 nitrogen and oxygen atoms in total. The Morgan fingerprint density at radius 1 is 1.32 bits per heavy atom. The molecule has 0 spiro atoms. The molecule has 0 bridgehead atoms. The zero-order valence-electron chi connectivity index (χ0n) is 11.3. The van der Waals surface area contributed by atoms with Gasteiger partial charge in [-0.1, -0.05) is 13.0 Å². The average Bonchev–Trinajstić information content (AvgIpc) is 2.47. The van der Waals surface area contributed by atoms with Crippen molar-refractivity contribution in [3.63, 3.8) is 0 Å². The van der Waals surface area contributed by atoms with E-state index >= 15 is 0 Å². The van der Waals surface area contributed by atoms with E-state index in [1.807, 2.05) is 18.2 Å². The molecule has 2 heterocycles. The van der Waals surface area contributed by atoms with E-state index in [0.29, 0.717) is 13.2 Å². The van der Waals surface area contributed by atoms with E-state index in [0.717, 1.165) is 43.0 Å². The second-order valence-corrected chi connectivity index (χ2v) is 5.34. The first-order chi connectivity index (χ1) is 9.24. The van der Waals surface area contributed by atoms with E-state index < -0.39 is 5.60 Å². The molecule has 1 aromatic rings. The molecular formula is C15H21NO3. The molecule has 2 atom stereocenters. The monoisotopic (exact) mass is 263 g/mol. The summed E-state index contributed by atoms with van der Waals surface area (Å²) in [4.78, 5) is 0. The Labute approximate surface area is 113 Å². The van der Waals surface area contributed by atoms with Crippen LogP contribution in [0.1, 0.15) is 25.3 Å². The highest BCUT2D eigenvalue weighted by Gasteiger charge is 2.39. The molecule has 0 aliphatic carbocycles. The van der Waals surface area contributed by atoms with Gasteiger partial charge in [0.15, 0.2) is 11.5 Å². The molecule has 2 aliphatic heterocycles. The van der Waals surface area contributed by atoms with Gasteiger partial charge in [-0.05, 0) is 37.1 Å². The summed E-state index contributed by atoms with van der Waals surface area (Å²) in [6.45, 7) is 5.01. The number of hydrogen-bond donors (Lipinski definition) is 2. The van der Waals surface area contributed by atoms with E-state index in [9.17, 15) is 5.11 Å². The highest BCUT2D eigenvalue weighted by Crippen LogP contribution is 2.41. The quantitative estimate of drug-likeness (QED) is 0.852. The van der Waals surface area contributed by atoms with Crippen LogP contribution in [-0.4, -0.2) is 31.4 Å². The molecule has 0 amide bonds. The first-order valence-corrected chi connectivity index (χ1v) is 7.07. The summed E-state index contributed by atoms with van der Waals surface area (Å²) < 4.78 is 11.1. The van der Waals surface area contributed by atoms with Crippen LogP contribution in [0.25, 0.3) is 0 Å². The van der Waals surface area contributed by atoms with Crippen molar-refractivity contribution in [3.05, 3.63) is 23.8 Å². The summed E-state index contributed by atoms with van der Waals surface area (Å²) in [6, 6.07) is 5.83. The van der Waals surface area contributed by atoms with Crippen molar-refractivity contribution in [1.82, 2.24) is 5.32 Å². The molecule has 4 heteroatoms. The Morgan fingerprint density at radius 2 is 2.11 bits per heavy atom. The highest BCUT2D eigenvalue weighted by molar-refractivity contribution is 5.45. The van der Waals surface area contributed by atoms with E-state index in [1.54, 1.807) is 0 Å². The Balaban J connectivity index is 1.95. The average molecular weight is 263 g/mol. The van der Waals surface area contributed by atoms with Crippen molar-refractivity contribution in [1.29, 1.82) is 0 Å². The second-order valence-electron chi connectivity index (χ2n) is 5.34. The predicted octanol–water partition coefficient (Wildman–Crippen LogP) is 1.66. The molecule has 3 rings (SSSR count). The van der Waals surface area contributed by atoms with Crippen LogP contribution in [0.3, 0.4) is 0 Å². The van der Waals surface area contributed by atoms with Gasteiger partial charge in [-0.3, -0.25) is 0 Å². The van der Waals surface area contributed by atoms with Gasteiger partial charge < -0.3 is 19.9 Å². The number of benzene rings is 1. The van der Waals surface area contributed by atoms with Gasteiger partial charge in [-0.15, -0.1) is 0 Å². The minimum Gasteiger partial charge on any atom is -0.486 e. The topological polar surface area (TPSA) is 50.7 Å². The lowest BCUT2D eigenvalue weighted by molar-refractivity contribution is -0.0481. The minimum atomic E-state index is -0.754. The van der Waals surface area contributed by atoms with Crippen molar-refractivity contribution in [2.75, 3.05) is 26.3 Å². The van der Waals surface area contributed by atoms with Crippen LogP contribution >= 0.6 is 0 Å². The van der Waals surface area contributed by atoms with Crippen LogP contribution in [0, 0.1) is 5.92 Å². The maximum absolute atomic E-state index is 11.1. The molecule has 2 aliphatic rings. The largest absolute Gasteiger partial charge is 0.486 e. The van der Waals surface area contributed by atoms with Crippen molar-refractivity contribution in [2.45, 2.75) is 25.4 Å². The summed E-state index contributed by atoms with van der Waals surface area (Å²) in [5.41, 5.74) is 0.195. The van der Waals surface area contributed by atoms with Gasteiger partial charge in [0.25, 0.3) is 0 Å². The summed E-state index contributed by atoms with van der Waals surface area (Å²) in [7, 11) is 0. The number of aliphatic hydroxyl groups is 1. The number of ether oxygens (including phenoxy) is 2. The lowest BCUT2D eigenvalue weighted by Crippen LogP contribution is -2.47. The maximum atomic E-state index is 11.1. The lowest BCUT2D eigenvalue weighted by atomic mass is 9.75. The Hall–Kier alpha value is -1.26. The fourth-order valence-electron chi connectivity index (χ4n) is 3.10. The third-order valence-corrected chi connectivity index (χ3v) is 4.28. The number of nitrogens with one attached hydrogen (secondary N) is 1. The molecule has 0 radical (unpaired) electrons. The third-order valence-electron chi connectivity index (χ3n) is 4.28. The standard InChI is InChI=1S/C15H21NO3/c1-2-11-10-16-6-5-15(11,17)12-3-4-13-14(9-12)19-8-7-18-13/h3-4,9,11,16-17H,2,5-8,10H2,1H3. The fourth-order valence-corrected chi connectivity index (χ4v) is 3.10. The summed E-state index contributed by atoms with van der Waals surface area (Å²) in [5, 5.41) is 14.4. The van der Waals surface area contributed by atoms with Gasteiger partial charge in [0, 0.05) is 12.5 Å². The normalized spacial score (nSPS) is 30.1. The van der Waals surface area contributed by atoms with Crippen LogP contribution < -0.4 is 14.8 Å². The van der Waals surface area contributed by atoms with E-state index in [-0.39, 0.29) is 5.92 Å². The maximum Gasteiger partial charge on any atom is 0.161 e. The molecule has 19 heavy (non-hydrogen) atoms. The fraction of sp³-hybridized carbons (Fsp3) is 0.600. The van der Waals surface area contributed by atoms with Gasteiger partial charge in [0.05, 0.1) is 5.60 Å². The van der Waals surface area contributed by atoms with Crippen molar-refractivity contribution >= 4 is 0 Å². The molecule has 1 aromatic carbocycles. The van der Waals surface area contributed by atoms with Crippen LogP contribution in [-0.2, 0) is 5.60 Å². The zero-order valence-corrected chi connectivity index (χ0v) is 11.3. The van der Waals surface area contributed by atoms with Crippen LogP contribution in [0.2, 0.25) is 0 Å². The number of piperidine rings is 1. The molecular weight excluding hydrogens is 242 g/mol. The summed E-state index contributed by atoms with van der Waals surface area (Å²) in [5.74, 6) is 1.77. The molecule has 104 valence electrons. The second kappa shape index (κ2) is 5.02. The SMILES string of the molecule is CCC1CNCCC1(O)c1ccc2c(c1)OCCO2. The highest BCUT2D eigenvalue weighted by atomic mass is 16.6. The number of rotatable bonds is 2. The Morgan fingerprint density at radius 3 is 2.89 bits per heavy atom. The van der Waals surface area contributed by atoms with E-state index in [2.05, 4.69) is 12.2 Å². The predicted molar refractivity (Wildman–Crippen MR) is 72.6 cm³/mol. The van der Waals surface area contributed by atoms with Gasteiger partial charge in [0.2, 0.25) is 0 Å². The Bertz CT molecular complexity index is 463. The van der Waals surface area contributed by atoms with Gasteiger partial charge in [-0.25, -0.2) is 0 Å². The first-order valence-electron chi connectivity index (χ1n) is 7.07.